The lowest BCUT2D eigenvalue weighted by atomic mass is 10.1. The molecule has 1 aliphatic rings. The lowest BCUT2D eigenvalue weighted by molar-refractivity contribution is -0.117. The molecule has 1 saturated heterocycles. The van der Waals surface area contributed by atoms with Gasteiger partial charge in [0.05, 0.1) is 33.1 Å². The standard InChI is InChI=1S/C32H34N4O6/c1-39-25-12-6-22(7-13-25)29-20-36(24-10-16-27(41-3)17-11-24)32(33-29)34-30(37)21-35(19-28-5-4-18-42-28)31(38)23-8-14-26(40-2)15-9-23/h6-17,20,28H,4-5,18-19,21H2,1-3H3,(H,33,34,37). The van der Waals surface area contributed by atoms with Crippen molar-refractivity contribution in [3.05, 3.63) is 84.6 Å². The van der Waals surface area contributed by atoms with E-state index in [0.29, 0.717) is 41.9 Å². The SMILES string of the molecule is COc1ccc(C(=O)N(CC(=O)Nc2nc(-c3ccc(OC)cc3)cn2-c2ccc(OC)cc2)CC2CCCO2)cc1. The Kier molecular flexibility index (Phi) is 9.03. The molecule has 0 spiro atoms. The van der Waals surface area contributed by atoms with E-state index < -0.39 is 0 Å². The fourth-order valence-corrected chi connectivity index (χ4v) is 4.82. The van der Waals surface area contributed by atoms with Crippen LogP contribution in [0, 0.1) is 0 Å². The molecule has 1 aliphatic heterocycles. The second-order valence-corrected chi connectivity index (χ2v) is 9.84. The van der Waals surface area contributed by atoms with Crippen molar-refractivity contribution in [1.29, 1.82) is 0 Å². The minimum atomic E-state index is -0.378. The monoisotopic (exact) mass is 570 g/mol. The molecule has 10 heteroatoms. The van der Waals surface area contributed by atoms with Crippen LogP contribution in [0.3, 0.4) is 0 Å². The number of rotatable bonds is 11. The van der Waals surface area contributed by atoms with Crippen molar-refractivity contribution >= 4 is 17.8 Å². The second-order valence-electron chi connectivity index (χ2n) is 9.84. The van der Waals surface area contributed by atoms with Gasteiger partial charge in [-0.15, -0.1) is 0 Å². The van der Waals surface area contributed by atoms with Crippen LogP contribution in [0.25, 0.3) is 16.9 Å². The molecule has 1 unspecified atom stereocenters. The normalized spacial score (nSPS) is 14.3. The van der Waals surface area contributed by atoms with Crippen LogP contribution >= 0.6 is 0 Å². The van der Waals surface area contributed by atoms with Crippen molar-refractivity contribution in [1.82, 2.24) is 14.5 Å². The molecular formula is C32H34N4O6. The third kappa shape index (κ3) is 6.72. The van der Waals surface area contributed by atoms with Crippen LogP contribution in [0.5, 0.6) is 17.2 Å². The maximum absolute atomic E-state index is 13.5. The molecule has 2 amide bonds. The van der Waals surface area contributed by atoms with Gasteiger partial charge in [0, 0.05) is 36.2 Å². The molecule has 1 aromatic heterocycles. The third-order valence-electron chi connectivity index (χ3n) is 7.10. The number of carbonyl (C=O) groups is 2. The van der Waals surface area contributed by atoms with Crippen molar-refractivity contribution in [3.8, 4) is 34.2 Å². The summed E-state index contributed by atoms with van der Waals surface area (Å²) in [4.78, 5) is 33.3. The van der Waals surface area contributed by atoms with Gasteiger partial charge in [0.25, 0.3) is 5.91 Å². The number of anilines is 1. The van der Waals surface area contributed by atoms with Gasteiger partial charge in [-0.1, -0.05) is 0 Å². The number of benzene rings is 3. The van der Waals surface area contributed by atoms with Gasteiger partial charge < -0.3 is 23.8 Å². The van der Waals surface area contributed by atoms with Crippen LogP contribution in [-0.2, 0) is 9.53 Å². The minimum Gasteiger partial charge on any atom is -0.497 e. The summed E-state index contributed by atoms with van der Waals surface area (Å²) in [5.41, 5.74) is 2.76. The van der Waals surface area contributed by atoms with E-state index in [-0.39, 0.29) is 24.5 Å². The summed E-state index contributed by atoms with van der Waals surface area (Å²) in [5.74, 6) is 1.77. The highest BCUT2D eigenvalue weighted by atomic mass is 16.5. The van der Waals surface area contributed by atoms with E-state index in [9.17, 15) is 9.59 Å². The quantitative estimate of drug-likeness (QED) is 0.276. The predicted molar refractivity (Wildman–Crippen MR) is 159 cm³/mol. The number of methoxy groups -OCH3 is 3. The fourth-order valence-electron chi connectivity index (χ4n) is 4.82. The lowest BCUT2D eigenvalue weighted by Gasteiger charge is -2.25. The van der Waals surface area contributed by atoms with E-state index in [1.165, 1.54) is 4.90 Å². The van der Waals surface area contributed by atoms with Crippen LogP contribution in [0.2, 0.25) is 0 Å². The highest BCUT2D eigenvalue weighted by molar-refractivity contribution is 5.99. The van der Waals surface area contributed by atoms with Gasteiger partial charge in [-0.2, -0.15) is 0 Å². The molecule has 4 aromatic rings. The maximum atomic E-state index is 13.5. The molecule has 218 valence electrons. The van der Waals surface area contributed by atoms with Gasteiger partial charge in [-0.3, -0.25) is 19.5 Å². The topological polar surface area (TPSA) is 104 Å². The fraction of sp³-hybridized carbons (Fsp3) is 0.281. The van der Waals surface area contributed by atoms with E-state index in [1.54, 1.807) is 50.2 Å². The number of ether oxygens (including phenoxy) is 4. The van der Waals surface area contributed by atoms with E-state index in [4.69, 9.17) is 23.9 Å². The van der Waals surface area contributed by atoms with Crippen LogP contribution in [-0.4, -0.2) is 73.4 Å². The summed E-state index contributed by atoms with van der Waals surface area (Å²) in [5, 5.41) is 2.93. The van der Waals surface area contributed by atoms with Gasteiger partial charge in [0.15, 0.2) is 0 Å². The molecule has 1 atom stereocenters. The van der Waals surface area contributed by atoms with Crippen molar-refractivity contribution in [2.24, 2.45) is 0 Å². The molecule has 42 heavy (non-hydrogen) atoms. The van der Waals surface area contributed by atoms with Gasteiger partial charge in [-0.05, 0) is 85.6 Å². The Balaban J connectivity index is 1.41. The van der Waals surface area contributed by atoms with Crippen LogP contribution in [0.1, 0.15) is 23.2 Å². The number of imidazole rings is 1. The van der Waals surface area contributed by atoms with Crippen molar-refractivity contribution in [2.45, 2.75) is 18.9 Å². The molecule has 1 fully saturated rings. The summed E-state index contributed by atoms with van der Waals surface area (Å²) in [6.07, 6.45) is 3.49. The first kappa shape index (κ1) is 28.7. The van der Waals surface area contributed by atoms with Crippen molar-refractivity contribution < 1.29 is 28.5 Å². The molecule has 2 heterocycles. The number of aromatic nitrogens is 2. The van der Waals surface area contributed by atoms with Gasteiger partial charge >= 0.3 is 0 Å². The molecular weight excluding hydrogens is 536 g/mol. The molecule has 0 saturated carbocycles. The lowest BCUT2D eigenvalue weighted by Crippen LogP contribution is -2.42. The average Bonchev–Trinajstić information content (AvgIpc) is 3.71. The molecule has 1 N–H and O–H groups in total. The largest absolute Gasteiger partial charge is 0.497 e. The summed E-state index contributed by atoms with van der Waals surface area (Å²) >= 11 is 0. The Morgan fingerprint density at radius 2 is 1.50 bits per heavy atom. The van der Waals surface area contributed by atoms with Crippen molar-refractivity contribution in [3.63, 3.8) is 0 Å². The molecule has 0 bridgehead atoms. The highest BCUT2D eigenvalue weighted by Crippen LogP contribution is 2.27. The Hall–Kier alpha value is -4.83. The molecule has 0 aliphatic carbocycles. The Morgan fingerprint density at radius 3 is 2.07 bits per heavy atom. The smallest absolute Gasteiger partial charge is 0.254 e. The van der Waals surface area contributed by atoms with E-state index >= 15 is 0 Å². The zero-order valence-electron chi connectivity index (χ0n) is 23.9. The molecule has 5 rings (SSSR count). The molecule has 10 nitrogen and oxygen atoms in total. The van der Waals surface area contributed by atoms with E-state index in [0.717, 1.165) is 29.8 Å². The first-order valence-electron chi connectivity index (χ1n) is 13.7. The first-order chi connectivity index (χ1) is 20.5. The highest BCUT2D eigenvalue weighted by Gasteiger charge is 2.26. The van der Waals surface area contributed by atoms with Crippen LogP contribution < -0.4 is 19.5 Å². The predicted octanol–water partition coefficient (Wildman–Crippen LogP) is 4.83. The van der Waals surface area contributed by atoms with Gasteiger partial charge in [0.2, 0.25) is 11.9 Å². The van der Waals surface area contributed by atoms with Crippen molar-refractivity contribution in [2.75, 3.05) is 46.3 Å². The Bertz CT molecular complexity index is 1490. The number of amides is 2. The number of hydrogen-bond acceptors (Lipinski definition) is 7. The number of nitrogens with one attached hydrogen (secondary N) is 1. The van der Waals surface area contributed by atoms with Gasteiger partial charge in [-0.25, -0.2) is 4.98 Å². The second kappa shape index (κ2) is 13.2. The van der Waals surface area contributed by atoms with Crippen LogP contribution in [0.4, 0.5) is 5.95 Å². The van der Waals surface area contributed by atoms with E-state index in [2.05, 4.69) is 5.32 Å². The Labute approximate surface area is 244 Å². The molecule has 3 aromatic carbocycles. The number of hydrogen-bond donors (Lipinski definition) is 1. The molecule has 0 radical (unpaired) electrons. The van der Waals surface area contributed by atoms with Gasteiger partial charge in [0.1, 0.15) is 23.8 Å². The maximum Gasteiger partial charge on any atom is 0.254 e. The summed E-state index contributed by atoms with van der Waals surface area (Å²) in [6, 6.07) is 21.8. The number of carbonyl (C=O) groups excluding carboxylic acids is 2. The number of nitrogens with zero attached hydrogens (tertiary/aromatic N) is 3. The summed E-state index contributed by atoms with van der Waals surface area (Å²) < 4.78 is 23.4. The summed E-state index contributed by atoms with van der Waals surface area (Å²) in [7, 11) is 4.79. The van der Waals surface area contributed by atoms with Crippen LogP contribution in [0.15, 0.2) is 79.0 Å². The first-order valence-corrected chi connectivity index (χ1v) is 13.7. The zero-order chi connectivity index (χ0) is 29.5. The zero-order valence-corrected chi connectivity index (χ0v) is 23.9. The third-order valence-corrected chi connectivity index (χ3v) is 7.10. The van der Waals surface area contributed by atoms with E-state index in [1.807, 2.05) is 54.7 Å². The average molecular weight is 571 g/mol. The Morgan fingerprint density at radius 1 is 0.905 bits per heavy atom. The minimum absolute atomic E-state index is 0.122. The summed E-state index contributed by atoms with van der Waals surface area (Å²) in [6.45, 7) is 0.787.